The summed E-state index contributed by atoms with van der Waals surface area (Å²) >= 11 is 7.86. The number of rotatable bonds is 4. The molecule has 1 aliphatic rings. The molecule has 106 valence electrons. The molecule has 4 heteroatoms. The number of fused-ring (bicyclic) bond motifs is 1. The summed E-state index contributed by atoms with van der Waals surface area (Å²) in [7, 11) is 0. The van der Waals surface area contributed by atoms with Crippen molar-refractivity contribution in [1.29, 1.82) is 0 Å². The van der Waals surface area contributed by atoms with Crippen LogP contribution in [0.3, 0.4) is 0 Å². The Bertz CT molecular complexity index is 553. The van der Waals surface area contributed by atoms with E-state index in [0.29, 0.717) is 0 Å². The second kappa shape index (κ2) is 6.25. The smallest absolute Gasteiger partial charge is 0.115 e. The molecule has 0 amide bonds. The van der Waals surface area contributed by atoms with E-state index < -0.39 is 0 Å². The minimum atomic E-state index is 0.188. The van der Waals surface area contributed by atoms with Crippen LogP contribution >= 0.6 is 22.9 Å². The van der Waals surface area contributed by atoms with Gasteiger partial charge in [0.1, 0.15) is 5.01 Å². The van der Waals surface area contributed by atoms with Gasteiger partial charge in [-0.3, -0.25) is 0 Å². The Balaban J connectivity index is 1.93. The molecule has 2 nitrogen and oxygen atoms in total. The molecule has 0 fully saturated rings. The van der Waals surface area contributed by atoms with E-state index in [9.17, 15) is 0 Å². The molecule has 0 spiro atoms. The van der Waals surface area contributed by atoms with Crippen LogP contribution < -0.4 is 5.32 Å². The van der Waals surface area contributed by atoms with E-state index in [-0.39, 0.29) is 6.04 Å². The monoisotopic (exact) mass is 306 g/mol. The first-order valence-electron chi connectivity index (χ1n) is 7.25. The molecule has 0 saturated heterocycles. The van der Waals surface area contributed by atoms with Crippen LogP contribution in [0.1, 0.15) is 46.9 Å². The van der Waals surface area contributed by atoms with Crippen molar-refractivity contribution >= 4 is 22.9 Å². The number of halogens is 1. The number of aryl methyl sites for hydroxylation is 2. The number of aromatic nitrogens is 1. The maximum atomic E-state index is 5.99. The highest BCUT2D eigenvalue weighted by Gasteiger charge is 2.21. The van der Waals surface area contributed by atoms with Crippen molar-refractivity contribution < 1.29 is 0 Å². The first-order chi connectivity index (χ1) is 9.78. The van der Waals surface area contributed by atoms with Gasteiger partial charge in [-0.1, -0.05) is 30.7 Å². The molecule has 2 aromatic rings. The van der Waals surface area contributed by atoms with Gasteiger partial charge >= 0.3 is 0 Å². The molecule has 0 saturated carbocycles. The second-order valence-corrected chi connectivity index (χ2v) is 6.72. The zero-order valence-corrected chi connectivity index (χ0v) is 13.2. The van der Waals surface area contributed by atoms with E-state index in [0.717, 1.165) is 18.0 Å². The lowest BCUT2D eigenvalue weighted by atomic mass is 10.0. The lowest BCUT2D eigenvalue weighted by Crippen LogP contribution is -2.21. The third-order valence-corrected chi connectivity index (χ3v) is 5.19. The lowest BCUT2D eigenvalue weighted by molar-refractivity contribution is 0.621. The second-order valence-electron chi connectivity index (χ2n) is 5.17. The fourth-order valence-electron chi connectivity index (χ4n) is 2.70. The Kier molecular flexibility index (Phi) is 4.39. The summed E-state index contributed by atoms with van der Waals surface area (Å²) in [6.07, 6.45) is 4.93. The zero-order chi connectivity index (χ0) is 13.9. The normalized spacial score (nSPS) is 15.9. The Hall–Kier alpha value is -0.900. The number of thiazole rings is 1. The average molecular weight is 307 g/mol. The summed E-state index contributed by atoms with van der Waals surface area (Å²) in [6, 6.07) is 8.28. The van der Waals surface area contributed by atoms with Crippen LogP contribution in [-0.2, 0) is 12.8 Å². The standard InChI is InChI=1S/C16H19ClN2S/c1-2-18-15(11-7-9-12(17)10-8-11)16-19-13-5-3-4-6-14(13)20-16/h7-10,15,18H,2-6H2,1H3. The van der Waals surface area contributed by atoms with Gasteiger partial charge in [0.05, 0.1) is 11.7 Å². The molecule has 1 heterocycles. The van der Waals surface area contributed by atoms with E-state index in [2.05, 4.69) is 24.4 Å². The van der Waals surface area contributed by atoms with Crippen molar-refractivity contribution in [3.63, 3.8) is 0 Å². The molecule has 1 aromatic carbocycles. The lowest BCUT2D eigenvalue weighted by Gasteiger charge is -2.15. The SMILES string of the molecule is CCNC(c1ccc(Cl)cc1)c1nc2c(s1)CCCC2. The fourth-order valence-corrected chi connectivity index (χ4v) is 4.09. The molecule has 1 N–H and O–H groups in total. The Morgan fingerprint density at radius 2 is 2.00 bits per heavy atom. The van der Waals surface area contributed by atoms with Crippen molar-refractivity contribution in [2.24, 2.45) is 0 Å². The van der Waals surface area contributed by atoms with Crippen molar-refractivity contribution in [3.05, 3.63) is 50.4 Å². The fraction of sp³-hybridized carbons (Fsp3) is 0.438. The average Bonchev–Trinajstić information content (AvgIpc) is 2.89. The molecule has 0 aliphatic heterocycles. The minimum absolute atomic E-state index is 0.188. The third-order valence-electron chi connectivity index (χ3n) is 3.72. The molecule has 3 rings (SSSR count). The Morgan fingerprint density at radius 3 is 2.70 bits per heavy atom. The van der Waals surface area contributed by atoms with E-state index in [1.165, 1.54) is 40.4 Å². The van der Waals surface area contributed by atoms with Crippen molar-refractivity contribution in [1.82, 2.24) is 10.3 Å². The van der Waals surface area contributed by atoms with Crippen molar-refractivity contribution in [2.75, 3.05) is 6.54 Å². The number of hydrogen-bond acceptors (Lipinski definition) is 3. The summed E-state index contributed by atoms with van der Waals surface area (Å²) in [5.74, 6) is 0. The van der Waals surface area contributed by atoms with Crippen LogP contribution in [-0.4, -0.2) is 11.5 Å². The number of nitrogens with zero attached hydrogens (tertiary/aromatic N) is 1. The predicted molar refractivity (Wildman–Crippen MR) is 85.7 cm³/mol. The van der Waals surface area contributed by atoms with Crippen LogP contribution in [0.2, 0.25) is 5.02 Å². The van der Waals surface area contributed by atoms with Gasteiger partial charge in [0.2, 0.25) is 0 Å². The molecule has 1 aromatic heterocycles. The van der Waals surface area contributed by atoms with Crippen LogP contribution in [0.15, 0.2) is 24.3 Å². The highest BCUT2D eigenvalue weighted by molar-refractivity contribution is 7.11. The van der Waals surface area contributed by atoms with E-state index in [1.807, 2.05) is 23.5 Å². The summed E-state index contributed by atoms with van der Waals surface area (Å²) in [5, 5.41) is 5.52. The molecule has 1 unspecified atom stereocenters. The summed E-state index contributed by atoms with van der Waals surface area (Å²) in [5.41, 5.74) is 2.57. The van der Waals surface area contributed by atoms with E-state index >= 15 is 0 Å². The van der Waals surface area contributed by atoms with Crippen LogP contribution in [0, 0.1) is 0 Å². The summed E-state index contributed by atoms with van der Waals surface area (Å²) in [4.78, 5) is 6.38. The zero-order valence-electron chi connectivity index (χ0n) is 11.7. The van der Waals surface area contributed by atoms with E-state index in [1.54, 1.807) is 0 Å². The molecule has 20 heavy (non-hydrogen) atoms. The largest absolute Gasteiger partial charge is 0.305 e. The van der Waals surface area contributed by atoms with Gasteiger partial charge in [-0.25, -0.2) is 4.98 Å². The Morgan fingerprint density at radius 1 is 1.25 bits per heavy atom. The van der Waals surface area contributed by atoms with Crippen LogP contribution in [0.25, 0.3) is 0 Å². The number of hydrogen-bond donors (Lipinski definition) is 1. The molecule has 1 atom stereocenters. The highest BCUT2D eigenvalue weighted by Crippen LogP contribution is 2.32. The van der Waals surface area contributed by atoms with Crippen LogP contribution in [0.5, 0.6) is 0 Å². The van der Waals surface area contributed by atoms with Gasteiger partial charge in [0, 0.05) is 9.90 Å². The number of nitrogens with one attached hydrogen (secondary N) is 1. The Labute approximate surface area is 129 Å². The molecule has 0 radical (unpaired) electrons. The van der Waals surface area contributed by atoms with Gasteiger partial charge in [0.15, 0.2) is 0 Å². The number of benzene rings is 1. The molecule has 1 aliphatic carbocycles. The predicted octanol–water partition coefficient (Wildman–Crippen LogP) is 4.37. The maximum Gasteiger partial charge on any atom is 0.115 e. The minimum Gasteiger partial charge on any atom is -0.305 e. The molecular weight excluding hydrogens is 288 g/mol. The first kappa shape index (κ1) is 14.1. The first-order valence-corrected chi connectivity index (χ1v) is 8.44. The summed E-state index contributed by atoms with van der Waals surface area (Å²) in [6.45, 7) is 3.06. The molecular formula is C16H19ClN2S. The van der Waals surface area contributed by atoms with E-state index in [4.69, 9.17) is 16.6 Å². The maximum absolute atomic E-state index is 5.99. The topological polar surface area (TPSA) is 24.9 Å². The van der Waals surface area contributed by atoms with Gasteiger partial charge in [-0.05, 0) is 49.9 Å². The van der Waals surface area contributed by atoms with Crippen LogP contribution in [0.4, 0.5) is 0 Å². The van der Waals surface area contributed by atoms with Gasteiger partial charge in [0.25, 0.3) is 0 Å². The highest BCUT2D eigenvalue weighted by atomic mass is 35.5. The summed E-state index contributed by atoms with van der Waals surface area (Å²) < 4.78 is 0. The third kappa shape index (κ3) is 2.90. The van der Waals surface area contributed by atoms with Crippen molar-refractivity contribution in [2.45, 2.75) is 38.6 Å². The van der Waals surface area contributed by atoms with Gasteiger partial charge in [-0.2, -0.15) is 0 Å². The van der Waals surface area contributed by atoms with Gasteiger partial charge in [-0.15, -0.1) is 11.3 Å². The van der Waals surface area contributed by atoms with Gasteiger partial charge < -0.3 is 5.32 Å². The molecule has 0 bridgehead atoms. The van der Waals surface area contributed by atoms with Crippen molar-refractivity contribution in [3.8, 4) is 0 Å². The quantitative estimate of drug-likeness (QED) is 0.907.